The van der Waals surface area contributed by atoms with E-state index in [1.807, 2.05) is 0 Å². The van der Waals surface area contributed by atoms with E-state index in [9.17, 15) is 22.9 Å². The van der Waals surface area contributed by atoms with Crippen molar-refractivity contribution in [1.29, 1.82) is 0 Å². The van der Waals surface area contributed by atoms with Gasteiger partial charge in [-0.1, -0.05) is 12.1 Å². The molecule has 0 bridgehead atoms. The van der Waals surface area contributed by atoms with Crippen LogP contribution in [0.3, 0.4) is 0 Å². The largest absolute Gasteiger partial charge is 0.375 e. The van der Waals surface area contributed by atoms with Crippen molar-refractivity contribution in [2.45, 2.75) is 11.4 Å². The van der Waals surface area contributed by atoms with Crippen molar-refractivity contribution >= 4 is 21.4 Å². The minimum absolute atomic E-state index is 0.0602. The number of nitrogens with one attached hydrogen (secondary N) is 1. The smallest absolute Gasteiger partial charge is 0.292 e. The molecule has 0 atom stereocenters. The van der Waals surface area contributed by atoms with Crippen LogP contribution in [0, 0.1) is 15.9 Å². The van der Waals surface area contributed by atoms with Crippen molar-refractivity contribution in [3.63, 3.8) is 0 Å². The molecule has 0 amide bonds. The van der Waals surface area contributed by atoms with Gasteiger partial charge < -0.3 is 5.32 Å². The van der Waals surface area contributed by atoms with E-state index in [1.165, 1.54) is 26.2 Å². The highest BCUT2D eigenvalue weighted by molar-refractivity contribution is 7.89. The Morgan fingerprint density at radius 1 is 1.17 bits per heavy atom. The number of rotatable bonds is 6. The highest BCUT2D eigenvalue weighted by Crippen LogP contribution is 2.25. The van der Waals surface area contributed by atoms with Crippen LogP contribution in [-0.4, -0.2) is 31.7 Å². The highest BCUT2D eigenvalue weighted by Gasteiger charge is 2.17. The highest BCUT2D eigenvalue weighted by atomic mass is 32.2. The molecule has 0 spiro atoms. The summed E-state index contributed by atoms with van der Waals surface area (Å²) >= 11 is 0. The number of sulfonamides is 1. The van der Waals surface area contributed by atoms with Crippen LogP contribution in [0.1, 0.15) is 5.56 Å². The van der Waals surface area contributed by atoms with Crippen molar-refractivity contribution in [2.24, 2.45) is 0 Å². The molecule has 0 unspecified atom stereocenters. The molecule has 9 heteroatoms. The van der Waals surface area contributed by atoms with E-state index in [1.54, 1.807) is 12.1 Å². The maximum absolute atomic E-state index is 13.3. The van der Waals surface area contributed by atoms with E-state index < -0.39 is 20.8 Å². The summed E-state index contributed by atoms with van der Waals surface area (Å²) < 4.78 is 38.3. The lowest BCUT2D eigenvalue weighted by Crippen LogP contribution is -2.22. The lowest BCUT2D eigenvalue weighted by molar-refractivity contribution is -0.384. The van der Waals surface area contributed by atoms with Crippen LogP contribution >= 0.6 is 0 Å². The molecular formula is C15H16FN3O4S. The summed E-state index contributed by atoms with van der Waals surface area (Å²) in [4.78, 5) is 10.5. The number of benzene rings is 2. The third kappa shape index (κ3) is 3.87. The van der Waals surface area contributed by atoms with Gasteiger partial charge in [-0.3, -0.25) is 10.1 Å². The first kappa shape index (κ1) is 17.8. The number of anilines is 1. The van der Waals surface area contributed by atoms with Gasteiger partial charge >= 0.3 is 0 Å². The monoisotopic (exact) mass is 353 g/mol. The second-order valence-corrected chi connectivity index (χ2v) is 7.36. The standard InChI is InChI=1S/C15H16FN3O4S/c1-18(2)24(22,23)13-6-3-11(4-7-13)10-17-14-9-12(16)5-8-15(14)19(20)21/h3-9,17H,10H2,1-2H3. The molecule has 0 saturated heterocycles. The van der Waals surface area contributed by atoms with Gasteiger partial charge in [0.1, 0.15) is 11.5 Å². The minimum Gasteiger partial charge on any atom is -0.375 e. The van der Waals surface area contributed by atoms with Crippen LogP contribution in [0.5, 0.6) is 0 Å². The molecule has 128 valence electrons. The van der Waals surface area contributed by atoms with Crippen LogP contribution in [0.25, 0.3) is 0 Å². The van der Waals surface area contributed by atoms with Crippen molar-refractivity contribution in [3.05, 3.63) is 64.0 Å². The molecule has 0 fully saturated rings. The summed E-state index contributed by atoms with van der Waals surface area (Å²) in [6, 6.07) is 9.24. The molecule has 0 saturated carbocycles. The topological polar surface area (TPSA) is 92.6 Å². The van der Waals surface area contributed by atoms with Crippen molar-refractivity contribution in [2.75, 3.05) is 19.4 Å². The quantitative estimate of drug-likeness (QED) is 0.636. The first-order chi connectivity index (χ1) is 11.2. The molecule has 0 radical (unpaired) electrons. The summed E-state index contributed by atoms with van der Waals surface area (Å²) in [6.45, 7) is 0.187. The number of nitrogens with zero attached hydrogens (tertiary/aromatic N) is 2. The Kier molecular flexibility index (Phi) is 5.15. The molecule has 0 aliphatic heterocycles. The van der Waals surface area contributed by atoms with Gasteiger partial charge in [-0.15, -0.1) is 0 Å². The molecule has 24 heavy (non-hydrogen) atoms. The van der Waals surface area contributed by atoms with Crippen LogP contribution < -0.4 is 5.32 Å². The number of hydrogen-bond donors (Lipinski definition) is 1. The fourth-order valence-electron chi connectivity index (χ4n) is 2.00. The maximum atomic E-state index is 13.3. The van der Waals surface area contributed by atoms with Crippen molar-refractivity contribution in [3.8, 4) is 0 Å². The molecule has 0 aromatic heterocycles. The molecule has 0 aliphatic rings. The lowest BCUT2D eigenvalue weighted by atomic mass is 10.2. The van der Waals surface area contributed by atoms with Gasteiger partial charge in [0, 0.05) is 32.8 Å². The second kappa shape index (κ2) is 6.93. The Balaban J connectivity index is 2.17. The van der Waals surface area contributed by atoms with E-state index in [2.05, 4.69) is 5.32 Å². The average Bonchev–Trinajstić information content (AvgIpc) is 2.53. The molecule has 2 rings (SSSR count). The van der Waals surface area contributed by atoms with Gasteiger partial charge in [0.2, 0.25) is 10.0 Å². The van der Waals surface area contributed by atoms with Gasteiger partial charge in [0.25, 0.3) is 5.69 Å². The summed E-state index contributed by atoms with van der Waals surface area (Å²) in [6.07, 6.45) is 0. The molecule has 0 aliphatic carbocycles. The Morgan fingerprint density at radius 2 is 1.79 bits per heavy atom. The van der Waals surface area contributed by atoms with E-state index in [-0.39, 0.29) is 22.8 Å². The van der Waals surface area contributed by atoms with E-state index in [0.29, 0.717) is 5.56 Å². The molecule has 0 heterocycles. The molecule has 2 aromatic carbocycles. The predicted octanol–water partition coefficient (Wildman–Crippen LogP) is 2.60. The normalized spacial score (nSPS) is 11.5. The van der Waals surface area contributed by atoms with Gasteiger partial charge in [0.15, 0.2) is 0 Å². The first-order valence-corrected chi connectivity index (χ1v) is 8.35. The van der Waals surface area contributed by atoms with Gasteiger partial charge in [-0.05, 0) is 23.8 Å². The predicted molar refractivity (Wildman–Crippen MR) is 87.7 cm³/mol. The first-order valence-electron chi connectivity index (χ1n) is 6.91. The van der Waals surface area contributed by atoms with E-state index in [4.69, 9.17) is 0 Å². The van der Waals surface area contributed by atoms with Gasteiger partial charge in [-0.2, -0.15) is 0 Å². The molecule has 2 aromatic rings. The van der Waals surface area contributed by atoms with Crippen LogP contribution in [0.2, 0.25) is 0 Å². The number of halogens is 1. The van der Waals surface area contributed by atoms with Crippen molar-refractivity contribution < 1.29 is 17.7 Å². The number of hydrogen-bond acceptors (Lipinski definition) is 5. The maximum Gasteiger partial charge on any atom is 0.292 e. The summed E-state index contributed by atoms with van der Waals surface area (Å²) in [5.41, 5.74) is 0.527. The Morgan fingerprint density at radius 3 is 2.33 bits per heavy atom. The molecule has 7 nitrogen and oxygen atoms in total. The number of nitro groups is 1. The summed E-state index contributed by atoms with van der Waals surface area (Å²) in [5.74, 6) is -0.587. The third-order valence-electron chi connectivity index (χ3n) is 3.34. The third-order valence-corrected chi connectivity index (χ3v) is 5.17. The van der Waals surface area contributed by atoms with Crippen molar-refractivity contribution in [1.82, 2.24) is 4.31 Å². The van der Waals surface area contributed by atoms with Gasteiger partial charge in [-0.25, -0.2) is 17.1 Å². The SMILES string of the molecule is CN(C)S(=O)(=O)c1ccc(CNc2cc(F)ccc2[N+](=O)[O-])cc1. The Labute approximate surface area is 138 Å². The van der Waals surface area contributed by atoms with Crippen LogP contribution in [-0.2, 0) is 16.6 Å². The average molecular weight is 353 g/mol. The van der Waals surface area contributed by atoms with Crippen LogP contribution in [0.15, 0.2) is 47.4 Å². The number of nitro benzene ring substituents is 1. The van der Waals surface area contributed by atoms with Gasteiger partial charge in [0.05, 0.1) is 9.82 Å². The van der Waals surface area contributed by atoms with E-state index in [0.717, 1.165) is 22.5 Å². The fourth-order valence-corrected chi connectivity index (χ4v) is 2.90. The fraction of sp³-hybridized carbons (Fsp3) is 0.200. The summed E-state index contributed by atoms with van der Waals surface area (Å²) in [5, 5.41) is 13.7. The zero-order valence-electron chi connectivity index (χ0n) is 13.1. The molecule has 1 N–H and O–H groups in total. The van der Waals surface area contributed by atoms with Crippen LogP contribution in [0.4, 0.5) is 15.8 Å². The second-order valence-electron chi connectivity index (χ2n) is 5.20. The summed E-state index contributed by atoms with van der Waals surface area (Å²) in [7, 11) is -0.634. The lowest BCUT2D eigenvalue weighted by Gasteiger charge is -2.12. The molecular weight excluding hydrogens is 337 g/mol. The zero-order chi connectivity index (χ0) is 17.9. The zero-order valence-corrected chi connectivity index (χ0v) is 13.9. The Hall–Kier alpha value is -2.52. The Bertz CT molecular complexity index is 852. The minimum atomic E-state index is -3.51. The van der Waals surface area contributed by atoms with E-state index >= 15 is 0 Å².